The molecule has 1 atom stereocenters. The Hall–Kier alpha value is -3.85. The maximum atomic E-state index is 14.2. The van der Waals surface area contributed by atoms with E-state index >= 15 is 0 Å². The number of aryl methyl sites for hydroxylation is 2. The summed E-state index contributed by atoms with van der Waals surface area (Å²) in [6.07, 6.45) is 0.346. The fourth-order valence-corrected chi connectivity index (χ4v) is 5.86. The van der Waals surface area contributed by atoms with E-state index in [0.717, 1.165) is 21.0 Å². The third-order valence-corrected chi connectivity index (χ3v) is 8.36. The number of ether oxygens (including phenoxy) is 1. The van der Waals surface area contributed by atoms with Gasteiger partial charge in [-0.2, -0.15) is 0 Å². The third-order valence-electron chi connectivity index (χ3n) is 6.57. The molecule has 0 saturated carbocycles. The summed E-state index contributed by atoms with van der Waals surface area (Å²) in [6, 6.07) is 20.0. The number of anilines is 1. The Morgan fingerprint density at radius 2 is 1.56 bits per heavy atom. The van der Waals surface area contributed by atoms with Crippen LogP contribution in [-0.2, 0) is 26.2 Å². The van der Waals surface area contributed by atoms with Crippen LogP contribution < -0.4 is 14.4 Å². The highest BCUT2D eigenvalue weighted by Gasteiger charge is 2.34. The molecule has 0 aliphatic rings. The van der Waals surface area contributed by atoms with Crippen molar-refractivity contribution in [2.45, 2.75) is 71.0 Å². The number of rotatable bonds is 11. The fraction of sp³-hybridized carbons (Fsp3) is 0.375. The van der Waals surface area contributed by atoms with Crippen molar-refractivity contribution in [2.75, 3.05) is 18.0 Å². The number of carbonyl (C=O) groups excluding carboxylic acids is 2. The average molecular weight is 580 g/mol. The molecule has 9 heteroatoms. The number of carbonyl (C=O) groups is 2. The van der Waals surface area contributed by atoms with Crippen molar-refractivity contribution in [3.63, 3.8) is 0 Å². The summed E-state index contributed by atoms with van der Waals surface area (Å²) in [4.78, 5) is 29.1. The minimum Gasteiger partial charge on any atom is -0.497 e. The molecule has 0 aliphatic carbocycles. The normalized spacial score (nSPS) is 12.4. The second-order valence-electron chi connectivity index (χ2n) is 11.2. The van der Waals surface area contributed by atoms with Crippen LogP contribution in [0.1, 0.15) is 50.8 Å². The van der Waals surface area contributed by atoms with Gasteiger partial charge in [0.2, 0.25) is 11.8 Å². The van der Waals surface area contributed by atoms with Crippen LogP contribution in [0, 0.1) is 13.8 Å². The molecule has 41 heavy (non-hydrogen) atoms. The lowest BCUT2D eigenvalue weighted by molar-refractivity contribution is -0.141. The van der Waals surface area contributed by atoms with Crippen LogP contribution in [0.3, 0.4) is 0 Å². The van der Waals surface area contributed by atoms with Crippen molar-refractivity contribution in [1.82, 2.24) is 10.2 Å². The molecule has 220 valence electrons. The van der Waals surface area contributed by atoms with Crippen LogP contribution in [0.5, 0.6) is 5.75 Å². The quantitative estimate of drug-likeness (QED) is 0.336. The molecule has 0 fully saturated rings. The highest BCUT2D eigenvalue weighted by atomic mass is 32.2. The summed E-state index contributed by atoms with van der Waals surface area (Å²) < 4.78 is 34.3. The molecule has 0 bridgehead atoms. The molecule has 8 nitrogen and oxygen atoms in total. The molecule has 0 aliphatic heterocycles. The Morgan fingerprint density at radius 1 is 0.927 bits per heavy atom. The zero-order valence-electron chi connectivity index (χ0n) is 25.0. The number of hydrogen-bond donors (Lipinski definition) is 1. The van der Waals surface area contributed by atoms with Crippen LogP contribution in [0.25, 0.3) is 0 Å². The molecular formula is C32H41N3O5S. The summed E-state index contributed by atoms with van der Waals surface area (Å²) in [6.45, 7) is 10.8. The van der Waals surface area contributed by atoms with Gasteiger partial charge in [0.15, 0.2) is 0 Å². The molecule has 2 amide bonds. The number of amides is 2. The Kier molecular flexibility index (Phi) is 10.2. The summed E-state index contributed by atoms with van der Waals surface area (Å²) in [7, 11) is -2.54. The lowest BCUT2D eigenvalue weighted by atomic mass is 10.1. The first-order valence-corrected chi connectivity index (χ1v) is 15.1. The molecule has 3 aromatic rings. The van der Waals surface area contributed by atoms with Gasteiger partial charge in [-0.25, -0.2) is 8.42 Å². The number of nitrogens with zero attached hydrogens (tertiary/aromatic N) is 2. The van der Waals surface area contributed by atoms with Crippen molar-refractivity contribution < 1.29 is 22.7 Å². The van der Waals surface area contributed by atoms with E-state index in [2.05, 4.69) is 5.32 Å². The van der Waals surface area contributed by atoms with E-state index in [9.17, 15) is 18.0 Å². The number of methoxy groups -OCH3 is 1. The zero-order valence-corrected chi connectivity index (χ0v) is 25.8. The lowest BCUT2D eigenvalue weighted by Crippen LogP contribution is -2.55. The minimum absolute atomic E-state index is 0.0802. The van der Waals surface area contributed by atoms with Crippen LogP contribution in [0.2, 0.25) is 0 Å². The Balaban J connectivity index is 2.07. The van der Waals surface area contributed by atoms with Gasteiger partial charge < -0.3 is 15.0 Å². The van der Waals surface area contributed by atoms with Gasteiger partial charge in [0.25, 0.3) is 10.0 Å². The molecule has 0 unspecified atom stereocenters. The number of hydrogen-bond acceptors (Lipinski definition) is 5. The smallest absolute Gasteiger partial charge is 0.264 e. The molecule has 0 heterocycles. The summed E-state index contributed by atoms with van der Waals surface area (Å²) in [5.74, 6) is -0.127. The van der Waals surface area contributed by atoms with Gasteiger partial charge in [0.1, 0.15) is 18.3 Å². The molecule has 0 radical (unpaired) electrons. The van der Waals surface area contributed by atoms with Gasteiger partial charge in [-0.05, 0) is 88.6 Å². The van der Waals surface area contributed by atoms with Crippen molar-refractivity contribution in [2.24, 2.45) is 0 Å². The first kappa shape index (κ1) is 31.7. The predicted molar refractivity (Wildman–Crippen MR) is 162 cm³/mol. The van der Waals surface area contributed by atoms with E-state index in [1.54, 1.807) is 61.7 Å². The Bertz CT molecular complexity index is 1450. The van der Waals surface area contributed by atoms with Crippen molar-refractivity contribution >= 4 is 27.5 Å². The first-order valence-electron chi connectivity index (χ1n) is 13.7. The average Bonchev–Trinajstić information content (AvgIpc) is 2.91. The van der Waals surface area contributed by atoms with Crippen LogP contribution in [0.15, 0.2) is 77.7 Å². The van der Waals surface area contributed by atoms with Crippen molar-refractivity contribution in [1.29, 1.82) is 0 Å². The molecule has 0 aromatic heterocycles. The first-order chi connectivity index (χ1) is 19.2. The number of benzene rings is 3. The molecule has 3 rings (SSSR count). The van der Waals surface area contributed by atoms with Gasteiger partial charge in [-0.15, -0.1) is 0 Å². The van der Waals surface area contributed by atoms with Crippen molar-refractivity contribution in [3.05, 3.63) is 89.5 Å². The van der Waals surface area contributed by atoms with Crippen molar-refractivity contribution in [3.8, 4) is 5.75 Å². The number of sulfonamides is 1. The standard InChI is InChI=1S/C32H41N3O5S/c1-8-29(31(37)33-32(4,5)6)34(21-25-14-16-27(40-7)17-15-25)30(36)22-35(26-11-9-10-24(3)20-26)41(38,39)28-18-12-23(2)13-19-28/h9-20,29H,8,21-22H2,1-7H3,(H,33,37)/t29-/m1/s1. The Morgan fingerprint density at radius 3 is 2.10 bits per heavy atom. The van der Waals surface area contributed by atoms with Gasteiger partial charge in [-0.1, -0.05) is 48.9 Å². The monoisotopic (exact) mass is 579 g/mol. The second-order valence-corrected chi connectivity index (χ2v) is 13.1. The largest absolute Gasteiger partial charge is 0.497 e. The molecule has 1 N–H and O–H groups in total. The number of nitrogens with one attached hydrogen (secondary N) is 1. The highest BCUT2D eigenvalue weighted by Crippen LogP contribution is 2.26. The summed E-state index contributed by atoms with van der Waals surface area (Å²) >= 11 is 0. The van der Waals surface area contributed by atoms with E-state index in [0.29, 0.717) is 17.9 Å². The topological polar surface area (TPSA) is 96.0 Å². The Labute approximate surface area is 244 Å². The van der Waals surface area contributed by atoms with E-state index in [4.69, 9.17) is 4.74 Å². The minimum atomic E-state index is -4.11. The van der Waals surface area contributed by atoms with E-state index in [1.807, 2.05) is 59.7 Å². The molecular weight excluding hydrogens is 538 g/mol. The maximum absolute atomic E-state index is 14.2. The van der Waals surface area contributed by atoms with Gasteiger partial charge >= 0.3 is 0 Å². The molecule has 0 spiro atoms. The molecule has 0 saturated heterocycles. The summed E-state index contributed by atoms with van der Waals surface area (Å²) in [5, 5.41) is 2.98. The van der Waals surface area contributed by atoms with Crippen LogP contribution >= 0.6 is 0 Å². The highest BCUT2D eigenvalue weighted by molar-refractivity contribution is 7.92. The lowest BCUT2D eigenvalue weighted by Gasteiger charge is -2.34. The van der Waals surface area contributed by atoms with Gasteiger partial charge in [0, 0.05) is 12.1 Å². The molecule has 3 aromatic carbocycles. The van der Waals surface area contributed by atoms with Crippen LogP contribution in [-0.4, -0.2) is 50.4 Å². The maximum Gasteiger partial charge on any atom is 0.264 e. The summed E-state index contributed by atoms with van der Waals surface area (Å²) in [5.41, 5.74) is 2.41. The van der Waals surface area contributed by atoms with Gasteiger partial charge in [-0.3, -0.25) is 13.9 Å². The SMILES string of the molecule is CC[C@H](C(=O)NC(C)(C)C)N(Cc1ccc(OC)cc1)C(=O)CN(c1cccc(C)c1)S(=O)(=O)c1ccc(C)cc1. The van der Waals surface area contributed by atoms with Gasteiger partial charge in [0.05, 0.1) is 17.7 Å². The second kappa shape index (κ2) is 13.2. The van der Waals surface area contributed by atoms with Crippen LogP contribution in [0.4, 0.5) is 5.69 Å². The van der Waals surface area contributed by atoms with E-state index in [-0.39, 0.29) is 17.3 Å². The van der Waals surface area contributed by atoms with E-state index in [1.165, 1.54) is 4.90 Å². The third kappa shape index (κ3) is 8.33. The van der Waals surface area contributed by atoms with E-state index < -0.39 is 34.1 Å². The predicted octanol–water partition coefficient (Wildman–Crippen LogP) is 5.23. The fourth-order valence-electron chi connectivity index (χ4n) is 4.45. The zero-order chi connectivity index (χ0) is 30.4.